The van der Waals surface area contributed by atoms with E-state index in [2.05, 4.69) is 0 Å². The molecule has 0 spiro atoms. The number of carbonyl (C=O) groups excluding carboxylic acids is 4. The molecule has 2 saturated heterocycles. The summed E-state index contributed by atoms with van der Waals surface area (Å²) >= 11 is 0. The fourth-order valence-electron chi connectivity index (χ4n) is 4.12. The van der Waals surface area contributed by atoms with Crippen LogP contribution in [0.2, 0.25) is 0 Å². The van der Waals surface area contributed by atoms with Crippen LogP contribution in [-0.4, -0.2) is 48.7 Å². The second-order valence-electron chi connectivity index (χ2n) is 6.96. The van der Waals surface area contributed by atoms with Crippen LogP contribution in [0.4, 0.5) is 5.69 Å². The summed E-state index contributed by atoms with van der Waals surface area (Å²) in [5, 5.41) is 0. The third-order valence-electron chi connectivity index (χ3n) is 5.27. The summed E-state index contributed by atoms with van der Waals surface area (Å²) in [6.45, 7) is 3.06. The Hall–Kier alpha value is -3.00. The molecule has 3 aliphatic rings. The highest BCUT2D eigenvalue weighted by Crippen LogP contribution is 2.52. The molecule has 2 bridgehead atoms. The van der Waals surface area contributed by atoms with Gasteiger partial charge in [0.05, 0.1) is 35.8 Å². The number of nitrogens with zero attached hydrogens (tertiary/aromatic N) is 1. The molecule has 28 heavy (non-hydrogen) atoms. The summed E-state index contributed by atoms with van der Waals surface area (Å²) in [7, 11) is 0. The molecule has 3 aliphatic heterocycles. The fourth-order valence-corrected chi connectivity index (χ4v) is 4.12. The van der Waals surface area contributed by atoms with Crippen molar-refractivity contribution in [3.8, 4) is 0 Å². The van der Waals surface area contributed by atoms with Gasteiger partial charge in [0.1, 0.15) is 12.2 Å². The minimum atomic E-state index is -1.14. The summed E-state index contributed by atoms with van der Waals surface area (Å²) in [6, 6.07) is 6.20. The summed E-state index contributed by atoms with van der Waals surface area (Å²) in [4.78, 5) is 50.5. The van der Waals surface area contributed by atoms with Gasteiger partial charge in [0.15, 0.2) is 0 Å². The van der Waals surface area contributed by atoms with E-state index in [0.29, 0.717) is 5.69 Å². The lowest BCUT2D eigenvalue weighted by Crippen LogP contribution is -2.44. The maximum Gasteiger partial charge on any atom is 0.338 e. The Labute approximate surface area is 161 Å². The first-order valence-corrected chi connectivity index (χ1v) is 9.03. The predicted molar refractivity (Wildman–Crippen MR) is 95.2 cm³/mol. The zero-order chi connectivity index (χ0) is 20.1. The Morgan fingerprint density at radius 3 is 2.71 bits per heavy atom. The highest BCUT2D eigenvalue weighted by molar-refractivity contribution is 6.23. The second-order valence-corrected chi connectivity index (χ2v) is 6.96. The normalized spacial score (nSPS) is 29.9. The van der Waals surface area contributed by atoms with Gasteiger partial charge in [-0.3, -0.25) is 14.4 Å². The quantitative estimate of drug-likeness (QED) is 0.427. The van der Waals surface area contributed by atoms with Gasteiger partial charge in [0.25, 0.3) is 0 Å². The number of anilines is 1. The predicted octanol–water partition coefficient (Wildman–Crippen LogP) is 1.24. The number of ether oxygens (including phenoxy) is 3. The molecule has 8 nitrogen and oxygen atoms in total. The zero-order valence-corrected chi connectivity index (χ0v) is 15.4. The largest absolute Gasteiger partial charge is 0.462 e. The van der Waals surface area contributed by atoms with Crippen LogP contribution in [-0.2, 0) is 28.6 Å². The molecule has 4 rings (SSSR count). The summed E-state index contributed by atoms with van der Waals surface area (Å²) in [6.07, 6.45) is 2.88. The average Bonchev–Trinajstić information content (AvgIpc) is 3.31. The lowest BCUT2D eigenvalue weighted by molar-refractivity contribution is -0.150. The van der Waals surface area contributed by atoms with Crippen molar-refractivity contribution in [1.29, 1.82) is 0 Å². The van der Waals surface area contributed by atoms with Gasteiger partial charge in [-0.05, 0) is 31.2 Å². The van der Waals surface area contributed by atoms with Crippen LogP contribution in [0.5, 0.6) is 0 Å². The molecular formula is C20H19NO7. The van der Waals surface area contributed by atoms with Crippen LogP contribution >= 0.6 is 0 Å². The van der Waals surface area contributed by atoms with Gasteiger partial charge in [0, 0.05) is 6.92 Å². The van der Waals surface area contributed by atoms with Crippen LogP contribution in [0.15, 0.2) is 36.4 Å². The molecule has 2 amide bonds. The molecule has 0 aliphatic carbocycles. The Balaban J connectivity index is 1.65. The number of imide groups is 1. The van der Waals surface area contributed by atoms with Crippen molar-refractivity contribution in [3.63, 3.8) is 0 Å². The Kier molecular flexibility index (Phi) is 4.30. The summed E-state index contributed by atoms with van der Waals surface area (Å²) < 4.78 is 15.9. The van der Waals surface area contributed by atoms with Gasteiger partial charge in [-0.2, -0.15) is 0 Å². The van der Waals surface area contributed by atoms with E-state index in [1.54, 1.807) is 37.3 Å². The van der Waals surface area contributed by atoms with E-state index in [4.69, 9.17) is 14.2 Å². The topological polar surface area (TPSA) is 99.2 Å². The average molecular weight is 385 g/mol. The van der Waals surface area contributed by atoms with Gasteiger partial charge in [-0.25, -0.2) is 9.69 Å². The first-order valence-electron chi connectivity index (χ1n) is 9.03. The number of fused-ring (bicyclic) bond motifs is 5. The summed E-state index contributed by atoms with van der Waals surface area (Å²) in [5.74, 6) is -3.31. The molecule has 0 radical (unpaired) electrons. The van der Waals surface area contributed by atoms with E-state index >= 15 is 0 Å². The first kappa shape index (κ1) is 18.4. The van der Waals surface area contributed by atoms with Gasteiger partial charge < -0.3 is 14.2 Å². The second kappa shape index (κ2) is 6.56. The molecule has 2 fully saturated rings. The smallest absolute Gasteiger partial charge is 0.338 e. The maximum atomic E-state index is 13.2. The highest BCUT2D eigenvalue weighted by Gasteiger charge is 2.68. The molecule has 4 atom stereocenters. The zero-order valence-electron chi connectivity index (χ0n) is 15.4. The van der Waals surface area contributed by atoms with E-state index in [9.17, 15) is 19.2 Å². The number of benzene rings is 1. The van der Waals surface area contributed by atoms with Gasteiger partial charge in [-0.1, -0.05) is 12.1 Å². The molecule has 0 unspecified atom stereocenters. The van der Waals surface area contributed by atoms with Crippen molar-refractivity contribution in [2.24, 2.45) is 11.8 Å². The van der Waals surface area contributed by atoms with Crippen molar-refractivity contribution < 1.29 is 33.4 Å². The molecule has 0 N–H and O–H groups in total. The van der Waals surface area contributed by atoms with Crippen molar-refractivity contribution >= 4 is 29.4 Å². The summed E-state index contributed by atoms with van der Waals surface area (Å²) in [5.41, 5.74) is -0.581. The maximum absolute atomic E-state index is 13.2. The van der Waals surface area contributed by atoms with Crippen molar-refractivity contribution in [3.05, 3.63) is 42.0 Å². The molecule has 146 valence electrons. The van der Waals surface area contributed by atoms with E-state index in [1.165, 1.54) is 13.0 Å². The molecule has 1 aromatic carbocycles. The van der Waals surface area contributed by atoms with Crippen LogP contribution in [0, 0.1) is 11.8 Å². The van der Waals surface area contributed by atoms with E-state index in [1.807, 2.05) is 0 Å². The van der Waals surface area contributed by atoms with Crippen molar-refractivity contribution in [2.45, 2.75) is 25.6 Å². The molecular weight excluding hydrogens is 366 g/mol. The third kappa shape index (κ3) is 2.63. The van der Waals surface area contributed by atoms with Crippen LogP contribution in [0.1, 0.15) is 24.2 Å². The van der Waals surface area contributed by atoms with E-state index in [0.717, 1.165) is 4.90 Å². The van der Waals surface area contributed by atoms with Crippen molar-refractivity contribution in [1.82, 2.24) is 0 Å². The van der Waals surface area contributed by atoms with Crippen LogP contribution in [0.3, 0.4) is 0 Å². The number of rotatable bonds is 5. The number of esters is 2. The van der Waals surface area contributed by atoms with Crippen LogP contribution < -0.4 is 4.90 Å². The van der Waals surface area contributed by atoms with Gasteiger partial charge in [-0.15, -0.1) is 0 Å². The minimum Gasteiger partial charge on any atom is -0.462 e. The van der Waals surface area contributed by atoms with E-state index < -0.39 is 47.3 Å². The van der Waals surface area contributed by atoms with Crippen LogP contribution in [0.25, 0.3) is 0 Å². The first-order chi connectivity index (χ1) is 13.4. The SMILES string of the molecule is CCOC(=O)c1cccc(N2C(=O)[C@@H]3[C@H]4C=C[C@@](COC(C)=O)(O4)[C@H]3C2=O)c1. The number of carbonyl (C=O) groups is 4. The lowest BCUT2D eigenvalue weighted by atomic mass is 9.77. The Morgan fingerprint density at radius 2 is 2.00 bits per heavy atom. The lowest BCUT2D eigenvalue weighted by Gasteiger charge is -2.28. The fraction of sp³-hybridized carbons (Fsp3) is 0.400. The van der Waals surface area contributed by atoms with Crippen molar-refractivity contribution in [2.75, 3.05) is 18.1 Å². The monoisotopic (exact) mass is 385 g/mol. The van der Waals surface area contributed by atoms with Gasteiger partial charge in [0.2, 0.25) is 11.8 Å². The Morgan fingerprint density at radius 1 is 1.21 bits per heavy atom. The number of hydrogen-bond donors (Lipinski definition) is 0. The standard InChI is InChI=1S/C20H19NO7/c1-3-26-19(25)12-5-4-6-13(9-12)21-17(23)15-14-7-8-20(28-14,10-27-11(2)22)16(15)18(21)24/h4-9,14-16H,3,10H2,1-2H3/t14-,15-,16-,20+/m1/s1. The Bertz CT molecular complexity index is 908. The third-order valence-corrected chi connectivity index (χ3v) is 5.27. The molecule has 0 saturated carbocycles. The minimum absolute atomic E-state index is 0.133. The molecule has 3 heterocycles. The van der Waals surface area contributed by atoms with Gasteiger partial charge >= 0.3 is 11.9 Å². The molecule has 0 aromatic heterocycles. The van der Waals surface area contributed by atoms with E-state index in [-0.39, 0.29) is 18.8 Å². The number of hydrogen-bond acceptors (Lipinski definition) is 7. The number of amides is 2. The highest BCUT2D eigenvalue weighted by atomic mass is 16.6. The molecule has 8 heteroatoms. The molecule has 1 aromatic rings.